The van der Waals surface area contributed by atoms with Gasteiger partial charge in [0.1, 0.15) is 12.6 Å². The van der Waals surface area contributed by atoms with E-state index in [-0.39, 0.29) is 34.8 Å². The van der Waals surface area contributed by atoms with E-state index in [0.29, 0.717) is 5.92 Å². The number of aryl methyl sites for hydroxylation is 1. The number of esters is 1. The Morgan fingerprint density at radius 2 is 1.55 bits per heavy atom. The Hall–Kier alpha value is -4.53. The van der Waals surface area contributed by atoms with Gasteiger partial charge in [-0.15, -0.1) is 0 Å². The first-order valence-electron chi connectivity index (χ1n) is 15.8. The molecule has 0 aromatic heterocycles. The molecular formula is C37H36Cl2N4O4. The number of carbonyl (C=O) groups is 3. The van der Waals surface area contributed by atoms with Crippen molar-refractivity contribution in [3.05, 3.63) is 135 Å². The largest absolute Gasteiger partial charge is 0.459 e. The summed E-state index contributed by atoms with van der Waals surface area (Å²) in [6, 6.07) is 29.2. The Kier molecular flexibility index (Phi) is 10.3. The van der Waals surface area contributed by atoms with Crippen LogP contribution in [0.15, 0.2) is 97.1 Å². The minimum absolute atomic E-state index is 0.00706. The van der Waals surface area contributed by atoms with Crippen LogP contribution in [-0.2, 0) is 22.6 Å². The molecule has 47 heavy (non-hydrogen) atoms. The van der Waals surface area contributed by atoms with Crippen molar-refractivity contribution in [3.8, 4) is 0 Å². The summed E-state index contributed by atoms with van der Waals surface area (Å²) in [5, 5.41) is 8.73. The molecule has 4 aromatic carbocycles. The zero-order chi connectivity index (χ0) is 32.8. The molecule has 6 rings (SSSR count). The minimum atomic E-state index is -1.20. The summed E-state index contributed by atoms with van der Waals surface area (Å²) in [5.74, 6) is -0.974. The average Bonchev–Trinajstić information content (AvgIpc) is 3.74. The maximum absolute atomic E-state index is 13.6. The van der Waals surface area contributed by atoms with Crippen molar-refractivity contribution in [2.75, 3.05) is 24.5 Å². The molecule has 3 atom stereocenters. The van der Waals surface area contributed by atoms with Gasteiger partial charge in [0.15, 0.2) is 0 Å². The summed E-state index contributed by atoms with van der Waals surface area (Å²) in [5.41, 5.74) is 5.21. The number of hydrogen-bond donors (Lipinski definition) is 3. The molecule has 1 saturated heterocycles. The fourth-order valence-corrected chi connectivity index (χ4v) is 6.96. The van der Waals surface area contributed by atoms with Crippen molar-refractivity contribution in [1.29, 1.82) is 0 Å². The second-order valence-electron chi connectivity index (χ2n) is 11.9. The Labute approximate surface area is 284 Å². The highest BCUT2D eigenvalue weighted by molar-refractivity contribution is 6.40. The van der Waals surface area contributed by atoms with Gasteiger partial charge >= 0.3 is 12.0 Å². The molecule has 1 aliphatic carbocycles. The van der Waals surface area contributed by atoms with Crippen molar-refractivity contribution in [1.82, 2.24) is 16.0 Å². The first-order valence-corrected chi connectivity index (χ1v) is 16.5. The van der Waals surface area contributed by atoms with Crippen LogP contribution in [0.2, 0.25) is 10.0 Å². The van der Waals surface area contributed by atoms with Gasteiger partial charge in [-0.3, -0.25) is 4.79 Å². The molecule has 1 fully saturated rings. The third kappa shape index (κ3) is 7.89. The lowest BCUT2D eigenvalue weighted by molar-refractivity contribution is -0.147. The molecule has 4 aromatic rings. The summed E-state index contributed by atoms with van der Waals surface area (Å²) < 4.78 is 5.53. The fourth-order valence-electron chi connectivity index (χ4n) is 6.32. The number of urea groups is 1. The second kappa shape index (κ2) is 14.9. The molecule has 0 spiro atoms. The second-order valence-corrected chi connectivity index (χ2v) is 12.7. The Balaban J connectivity index is 1.13. The first-order chi connectivity index (χ1) is 22.9. The Morgan fingerprint density at radius 3 is 2.30 bits per heavy atom. The van der Waals surface area contributed by atoms with Crippen molar-refractivity contribution in [3.63, 3.8) is 0 Å². The predicted molar refractivity (Wildman–Crippen MR) is 184 cm³/mol. The number of halogens is 2. The van der Waals surface area contributed by atoms with Crippen LogP contribution in [0.3, 0.4) is 0 Å². The van der Waals surface area contributed by atoms with Crippen LogP contribution in [0.25, 0.3) is 0 Å². The number of nitrogens with one attached hydrogen (secondary N) is 3. The standard InChI is InChI=1S/C37H36Cl2N4O4/c38-30-19-28(43-18-17-27(22-43)25-11-5-2-6-12-25)20-31(39)34(30)35(44)41-33(36(45)47-23-24-9-3-1-4-10-24)21-40-37(46)42-32-16-15-26-13-7-8-14-29(26)32/h1-14,19-20,27,32-33H,15-18,21-23H2,(H,41,44)(H2,40,42,46)/t27-,32?,33-/m0/s1. The average molecular weight is 672 g/mol. The van der Waals surface area contributed by atoms with E-state index < -0.39 is 23.9 Å². The SMILES string of the molecule is O=C(NC[C@H](NC(=O)c1c(Cl)cc(N2CC[C@H](c3ccccc3)C2)cc1Cl)C(=O)OCc1ccccc1)NC1CCc2ccccc21. The monoisotopic (exact) mass is 670 g/mol. The lowest BCUT2D eigenvalue weighted by atomic mass is 9.99. The van der Waals surface area contributed by atoms with Crippen LogP contribution in [0.1, 0.15) is 57.4 Å². The number of carbonyl (C=O) groups excluding carboxylic acids is 3. The molecule has 1 heterocycles. The molecule has 0 radical (unpaired) electrons. The number of nitrogens with zero attached hydrogens (tertiary/aromatic N) is 1. The number of rotatable bonds is 10. The quantitative estimate of drug-likeness (QED) is 0.161. The van der Waals surface area contributed by atoms with Gasteiger partial charge in [-0.25, -0.2) is 9.59 Å². The van der Waals surface area contributed by atoms with Gasteiger partial charge in [0.2, 0.25) is 0 Å². The number of benzene rings is 4. The fraction of sp³-hybridized carbons (Fsp3) is 0.270. The van der Waals surface area contributed by atoms with Crippen molar-refractivity contribution in [2.24, 2.45) is 0 Å². The van der Waals surface area contributed by atoms with Crippen molar-refractivity contribution < 1.29 is 19.1 Å². The number of anilines is 1. The van der Waals surface area contributed by atoms with Crippen LogP contribution in [0, 0.1) is 0 Å². The van der Waals surface area contributed by atoms with Crippen LogP contribution >= 0.6 is 23.2 Å². The molecule has 0 bridgehead atoms. The smallest absolute Gasteiger partial charge is 0.330 e. The molecule has 8 nitrogen and oxygen atoms in total. The summed E-state index contributed by atoms with van der Waals surface area (Å²) in [4.78, 5) is 42.0. The molecule has 0 saturated carbocycles. The van der Waals surface area contributed by atoms with Gasteiger partial charge in [0, 0.05) is 24.7 Å². The van der Waals surface area contributed by atoms with E-state index >= 15 is 0 Å². The maximum Gasteiger partial charge on any atom is 0.330 e. The molecule has 3 N–H and O–H groups in total. The van der Waals surface area contributed by atoms with Gasteiger partial charge in [-0.05, 0) is 53.6 Å². The molecule has 2 aliphatic rings. The van der Waals surface area contributed by atoms with E-state index in [1.807, 2.05) is 66.7 Å². The number of ether oxygens (including phenoxy) is 1. The van der Waals surface area contributed by atoms with Gasteiger partial charge in [0.25, 0.3) is 5.91 Å². The Morgan fingerprint density at radius 1 is 0.872 bits per heavy atom. The van der Waals surface area contributed by atoms with Gasteiger partial charge in [0.05, 0.1) is 28.2 Å². The molecular weight excluding hydrogens is 635 g/mol. The zero-order valence-electron chi connectivity index (χ0n) is 25.8. The number of fused-ring (bicyclic) bond motifs is 1. The highest BCUT2D eigenvalue weighted by Crippen LogP contribution is 2.36. The number of amides is 3. The van der Waals surface area contributed by atoms with Gasteiger partial charge in [-0.1, -0.05) is 108 Å². The molecule has 242 valence electrons. The van der Waals surface area contributed by atoms with E-state index in [9.17, 15) is 14.4 Å². The van der Waals surface area contributed by atoms with Crippen molar-refractivity contribution >= 4 is 46.8 Å². The number of hydrogen-bond acceptors (Lipinski definition) is 5. The topological polar surface area (TPSA) is 99.8 Å². The third-order valence-corrected chi connectivity index (χ3v) is 9.39. The van der Waals surface area contributed by atoms with Gasteiger partial charge < -0.3 is 25.6 Å². The van der Waals surface area contributed by atoms with Gasteiger partial charge in [-0.2, -0.15) is 0 Å². The summed E-state index contributed by atoms with van der Waals surface area (Å²) in [7, 11) is 0. The normalized spacial score (nSPS) is 17.4. The van der Waals surface area contributed by atoms with E-state index in [2.05, 4.69) is 39.0 Å². The highest BCUT2D eigenvalue weighted by Gasteiger charge is 2.29. The summed E-state index contributed by atoms with van der Waals surface area (Å²) in [6.07, 6.45) is 2.64. The maximum atomic E-state index is 13.6. The van der Waals surface area contributed by atoms with E-state index in [4.69, 9.17) is 27.9 Å². The van der Waals surface area contributed by atoms with E-state index in [0.717, 1.165) is 49.2 Å². The minimum Gasteiger partial charge on any atom is -0.459 e. The van der Waals surface area contributed by atoms with Crippen LogP contribution in [0.5, 0.6) is 0 Å². The lowest BCUT2D eigenvalue weighted by Gasteiger charge is -2.22. The highest BCUT2D eigenvalue weighted by atomic mass is 35.5. The third-order valence-electron chi connectivity index (χ3n) is 8.80. The first kappa shape index (κ1) is 32.4. The summed E-state index contributed by atoms with van der Waals surface area (Å²) in [6.45, 7) is 1.43. The molecule has 3 amide bonds. The van der Waals surface area contributed by atoms with Crippen molar-refractivity contribution in [2.45, 2.75) is 43.9 Å². The van der Waals surface area contributed by atoms with Crippen LogP contribution in [-0.4, -0.2) is 43.6 Å². The zero-order valence-corrected chi connectivity index (χ0v) is 27.3. The van der Waals surface area contributed by atoms with E-state index in [1.54, 1.807) is 12.1 Å². The van der Waals surface area contributed by atoms with Crippen LogP contribution in [0.4, 0.5) is 10.5 Å². The predicted octanol–water partition coefficient (Wildman–Crippen LogP) is 6.82. The van der Waals surface area contributed by atoms with Crippen LogP contribution < -0.4 is 20.9 Å². The molecule has 1 unspecified atom stereocenters. The molecule has 1 aliphatic heterocycles. The summed E-state index contributed by atoms with van der Waals surface area (Å²) >= 11 is 13.3. The molecule has 10 heteroatoms. The Bertz CT molecular complexity index is 1710. The van der Waals surface area contributed by atoms with E-state index in [1.165, 1.54) is 11.1 Å². The lowest BCUT2D eigenvalue weighted by Crippen LogP contribution is -2.51.